The normalized spacial score (nSPS) is 12.6. The van der Waals surface area contributed by atoms with Crippen LogP contribution in [0.3, 0.4) is 0 Å². The van der Waals surface area contributed by atoms with E-state index in [0.717, 1.165) is 116 Å². The molecule has 6 heteroatoms. The lowest BCUT2D eigenvalue weighted by Crippen LogP contribution is -2.30. The Labute approximate surface area is 414 Å². The van der Waals surface area contributed by atoms with E-state index in [1.54, 1.807) is 0 Å². The topological polar surface area (TPSA) is 78.9 Å². The smallest absolute Gasteiger partial charge is 0.306 e. The van der Waals surface area contributed by atoms with E-state index in [9.17, 15) is 14.4 Å². The molecular formula is C61H106O6. The van der Waals surface area contributed by atoms with E-state index < -0.39 is 6.10 Å². The molecule has 0 amide bonds. The lowest BCUT2D eigenvalue weighted by Gasteiger charge is -2.18. The van der Waals surface area contributed by atoms with Crippen molar-refractivity contribution < 1.29 is 28.6 Å². The van der Waals surface area contributed by atoms with E-state index in [1.807, 2.05) is 0 Å². The van der Waals surface area contributed by atoms with Crippen molar-refractivity contribution in [3.05, 3.63) is 72.9 Å². The summed E-state index contributed by atoms with van der Waals surface area (Å²) in [5, 5.41) is 0. The molecule has 0 aromatic carbocycles. The molecule has 0 N–H and O–H groups in total. The summed E-state index contributed by atoms with van der Waals surface area (Å²) in [5.74, 6) is -0.914. The van der Waals surface area contributed by atoms with Gasteiger partial charge < -0.3 is 14.2 Å². The Kier molecular flexibility index (Phi) is 52.8. The summed E-state index contributed by atoms with van der Waals surface area (Å²) < 4.78 is 16.8. The standard InChI is InChI=1S/C61H106O6/c1-4-7-10-13-16-19-22-24-26-28-29-30-31-32-33-34-36-37-39-42-45-48-51-54-60(63)66-57-58(56-65-59(62)53-50-47-44-41-21-18-15-12-9-6-3)67-61(64)55-52-49-46-43-40-38-35-27-25-23-20-17-14-11-8-5-2/h12,15,20,22-24,27-29,31-32,35,58H,4-11,13-14,16-19,21,25-26,30,33-34,36-57H2,1-3H3/b15-12-,23-20-,24-22-,29-28-,32-31-,35-27-. The van der Waals surface area contributed by atoms with E-state index in [4.69, 9.17) is 14.2 Å². The second-order valence-electron chi connectivity index (χ2n) is 18.8. The molecule has 0 bridgehead atoms. The number of carbonyl (C=O) groups is 3. The maximum absolute atomic E-state index is 12.8. The lowest BCUT2D eigenvalue weighted by atomic mass is 10.1. The first kappa shape index (κ1) is 63.8. The van der Waals surface area contributed by atoms with Crippen LogP contribution in [-0.4, -0.2) is 37.2 Å². The summed E-state index contributed by atoms with van der Waals surface area (Å²) in [6, 6.07) is 0. The number of allylic oxidation sites excluding steroid dienone is 12. The van der Waals surface area contributed by atoms with E-state index in [-0.39, 0.29) is 31.1 Å². The second-order valence-corrected chi connectivity index (χ2v) is 18.8. The van der Waals surface area contributed by atoms with Gasteiger partial charge in [-0.25, -0.2) is 0 Å². The minimum atomic E-state index is -0.789. The second kappa shape index (κ2) is 55.4. The lowest BCUT2D eigenvalue weighted by molar-refractivity contribution is -0.167. The number of hydrogen-bond acceptors (Lipinski definition) is 6. The van der Waals surface area contributed by atoms with Crippen molar-refractivity contribution in [1.82, 2.24) is 0 Å². The number of esters is 3. The maximum atomic E-state index is 12.8. The average molecular weight is 936 g/mol. The molecule has 6 nitrogen and oxygen atoms in total. The zero-order chi connectivity index (χ0) is 48.6. The highest BCUT2D eigenvalue weighted by Gasteiger charge is 2.19. The SMILES string of the molecule is CCC/C=C\CCCCCCCC(=O)OCC(COC(=O)CCCCCCCCCC/C=C\C/C=C\C/C=C\CCCCCCC)OC(=O)CCCCCCC/C=C\C/C=C\CCCCCC. The van der Waals surface area contributed by atoms with Crippen molar-refractivity contribution in [2.45, 2.75) is 284 Å². The number of unbranched alkanes of at least 4 members (excludes halogenated alkanes) is 28. The van der Waals surface area contributed by atoms with Gasteiger partial charge >= 0.3 is 17.9 Å². The Hall–Kier alpha value is -3.15. The fourth-order valence-corrected chi connectivity index (χ4v) is 7.83. The zero-order valence-corrected chi connectivity index (χ0v) is 44.2. The molecule has 0 saturated carbocycles. The largest absolute Gasteiger partial charge is 0.462 e. The third-order valence-corrected chi connectivity index (χ3v) is 12.1. The molecule has 0 aromatic rings. The molecule has 0 fully saturated rings. The van der Waals surface area contributed by atoms with Crippen molar-refractivity contribution in [2.24, 2.45) is 0 Å². The summed E-state index contributed by atoms with van der Waals surface area (Å²) in [5.41, 5.74) is 0. The maximum Gasteiger partial charge on any atom is 0.306 e. The number of ether oxygens (including phenoxy) is 3. The van der Waals surface area contributed by atoms with Crippen molar-refractivity contribution in [3.8, 4) is 0 Å². The van der Waals surface area contributed by atoms with Crippen LogP contribution in [0, 0.1) is 0 Å². The summed E-state index contributed by atoms with van der Waals surface area (Å²) in [4.78, 5) is 38.0. The molecule has 0 aliphatic carbocycles. The van der Waals surface area contributed by atoms with Gasteiger partial charge in [-0.1, -0.05) is 222 Å². The molecule has 386 valence electrons. The Morgan fingerprint density at radius 3 is 0.925 bits per heavy atom. The van der Waals surface area contributed by atoms with Gasteiger partial charge in [0.15, 0.2) is 6.10 Å². The predicted molar refractivity (Wildman–Crippen MR) is 288 cm³/mol. The van der Waals surface area contributed by atoms with Gasteiger partial charge in [0.2, 0.25) is 0 Å². The molecule has 0 aliphatic rings. The summed E-state index contributed by atoms with van der Waals surface area (Å²) >= 11 is 0. The van der Waals surface area contributed by atoms with Gasteiger partial charge in [-0.15, -0.1) is 0 Å². The van der Waals surface area contributed by atoms with Gasteiger partial charge in [0.05, 0.1) is 0 Å². The first-order chi connectivity index (χ1) is 33.0. The van der Waals surface area contributed by atoms with Crippen LogP contribution in [0.5, 0.6) is 0 Å². The fourth-order valence-electron chi connectivity index (χ4n) is 7.83. The number of carbonyl (C=O) groups excluding carboxylic acids is 3. The van der Waals surface area contributed by atoms with Crippen LogP contribution >= 0.6 is 0 Å². The van der Waals surface area contributed by atoms with E-state index >= 15 is 0 Å². The molecule has 0 saturated heterocycles. The molecule has 0 heterocycles. The van der Waals surface area contributed by atoms with Crippen LogP contribution in [0.15, 0.2) is 72.9 Å². The van der Waals surface area contributed by atoms with E-state index in [1.165, 1.54) is 122 Å². The van der Waals surface area contributed by atoms with Gasteiger partial charge in [0, 0.05) is 19.3 Å². The highest BCUT2D eigenvalue weighted by atomic mass is 16.6. The van der Waals surface area contributed by atoms with Gasteiger partial charge in [-0.3, -0.25) is 14.4 Å². The molecule has 0 aliphatic heterocycles. The first-order valence-electron chi connectivity index (χ1n) is 28.4. The van der Waals surface area contributed by atoms with Crippen LogP contribution in [0.25, 0.3) is 0 Å². The fraction of sp³-hybridized carbons (Fsp3) is 0.754. The monoisotopic (exact) mass is 935 g/mol. The van der Waals surface area contributed by atoms with Crippen molar-refractivity contribution in [2.75, 3.05) is 13.2 Å². The van der Waals surface area contributed by atoms with Crippen LogP contribution < -0.4 is 0 Å². The molecule has 1 atom stereocenters. The van der Waals surface area contributed by atoms with Gasteiger partial charge in [0.1, 0.15) is 13.2 Å². The van der Waals surface area contributed by atoms with Crippen molar-refractivity contribution in [3.63, 3.8) is 0 Å². The molecule has 1 unspecified atom stereocenters. The average Bonchev–Trinajstić information content (AvgIpc) is 3.33. The van der Waals surface area contributed by atoms with Crippen LogP contribution in [0.4, 0.5) is 0 Å². The minimum absolute atomic E-state index is 0.0876. The molecule has 67 heavy (non-hydrogen) atoms. The van der Waals surface area contributed by atoms with Crippen LogP contribution in [0.1, 0.15) is 278 Å². The van der Waals surface area contributed by atoms with Gasteiger partial charge in [0.25, 0.3) is 0 Å². The first-order valence-corrected chi connectivity index (χ1v) is 28.4. The highest BCUT2D eigenvalue weighted by Crippen LogP contribution is 2.14. The third-order valence-electron chi connectivity index (χ3n) is 12.1. The quantitative estimate of drug-likeness (QED) is 0.0262. The van der Waals surface area contributed by atoms with Crippen molar-refractivity contribution in [1.29, 1.82) is 0 Å². The molecular weight excluding hydrogens is 829 g/mol. The number of hydrogen-bond donors (Lipinski definition) is 0. The third kappa shape index (κ3) is 53.7. The van der Waals surface area contributed by atoms with Gasteiger partial charge in [-0.2, -0.15) is 0 Å². The molecule has 0 rings (SSSR count). The summed E-state index contributed by atoms with van der Waals surface area (Å²) in [6.45, 7) is 6.53. The summed E-state index contributed by atoms with van der Waals surface area (Å²) in [7, 11) is 0. The molecule has 0 spiro atoms. The van der Waals surface area contributed by atoms with E-state index in [0.29, 0.717) is 19.3 Å². The highest BCUT2D eigenvalue weighted by molar-refractivity contribution is 5.71. The zero-order valence-electron chi connectivity index (χ0n) is 44.2. The Morgan fingerprint density at radius 1 is 0.299 bits per heavy atom. The number of rotatable bonds is 51. The minimum Gasteiger partial charge on any atom is -0.462 e. The van der Waals surface area contributed by atoms with E-state index in [2.05, 4.69) is 93.7 Å². The Bertz CT molecular complexity index is 1260. The summed E-state index contributed by atoms with van der Waals surface area (Å²) in [6.07, 6.45) is 70.4. The Balaban J connectivity index is 4.32. The predicted octanol–water partition coefficient (Wildman–Crippen LogP) is 19.0. The molecule has 0 radical (unpaired) electrons. The Morgan fingerprint density at radius 2 is 0.567 bits per heavy atom. The van der Waals surface area contributed by atoms with Crippen LogP contribution in [0.2, 0.25) is 0 Å². The molecule has 0 aromatic heterocycles. The van der Waals surface area contributed by atoms with Crippen LogP contribution in [-0.2, 0) is 28.6 Å². The van der Waals surface area contributed by atoms with Crippen molar-refractivity contribution >= 4 is 17.9 Å². The van der Waals surface area contributed by atoms with Gasteiger partial charge in [-0.05, 0) is 109 Å².